The van der Waals surface area contributed by atoms with Gasteiger partial charge in [0.2, 0.25) is 5.91 Å². The Balaban J connectivity index is 1.83. The van der Waals surface area contributed by atoms with Crippen molar-refractivity contribution in [3.63, 3.8) is 0 Å². The van der Waals surface area contributed by atoms with Crippen LogP contribution in [0.5, 0.6) is 0 Å². The van der Waals surface area contributed by atoms with Crippen LogP contribution < -0.4 is 5.32 Å². The number of aliphatic hydroxyl groups is 1. The molecule has 4 heteroatoms. The van der Waals surface area contributed by atoms with Crippen LogP contribution in [-0.2, 0) is 9.53 Å². The van der Waals surface area contributed by atoms with Gasteiger partial charge in [-0.25, -0.2) is 0 Å². The summed E-state index contributed by atoms with van der Waals surface area (Å²) in [5.41, 5.74) is -0.187. The van der Waals surface area contributed by atoms with Gasteiger partial charge in [0.1, 0.15) is 0 Å². The molecule has 0 spiro atoms. The fourth-order valence-electron chi connectivity index (χ4n) is 2.64. The number of aliphatic hydroxyl groups excluding tert-OH is 1. The van der Waals surface area contributed by atoms with Crippen molar-refractivity contribution in [1.29, 1.82) is 0 Å². The van der Waals surface area contributed by atoms with Crippen LogP contribution in [-0.4, -0.2) is 36.9 Å². The highest BCUT2D eigenvalue weighted by molar-refractivity contribution is 5.85. The SMILES string of the molecule is COCCC1(C(=O)N[C@@H]2CCCC[C@H]2O)CC1. The lowest BCUT2D eigenvalue weighted by molar-refractivity contribution is -0.129. The number of ether oxygens (including phenoxy) is 1. The average molecular weight is 241 g/mol. The molecule has 2 rings (SSSR count). The third-order valence-electron chi connectivity index (χ3n) is 4.17. The first-order chi connectivity index (χ1) is 8.18. The zero-order valence-electron chi connectivity index (χ0n) is 10.6. The first-order valence-electron chi connectivity index (χ1n) is 6.66. The standard InChI is InChI=1S/C13H23NO3/c1-17-9-8-13(6-7-13)12(16)14-10-4-2-3-5-11(10)15/h10-11,15H,2-9H2,1H3,(H,14,16)/t10-,11-/m1/s1. The maximum Gasteiger partial charge on any atom is 0.226 e. The Morgan fingerprint density at radius 1 is 1.41 bits per heavy atom. The maximum atomic E-state index is 12.2. The quantitative estimate of drug-likeness (QED) is 0.761. The van der Waals surface area contributed by atoms with Crippen LogP contribution in [0.25, 0.3) is 0 Å². The molecule has 2 atom stereocenters. The van der Waals surface area contributed by atoms with Crippen molar-refractivity contribution in [2.24, 2.45) is 5.41 Å². The lowest BCUT2D eigenvalue weighted by atomic mass is 9.91. The predicted molar refractivity (Wildman–Crippen MR) is 64.6 cm³/mol. The molecule has 4 nitrogen and oxygen atoms in total. The molecule has 98 valence electrons. The van der Waals surface area contributed by atoms with E-state index in [2.05, 4.69) is 5.32 Å². The third kappa shape index (κ3) is 2.99. The Labute approximate surface area is 103 Å². The van der Waals surface area contributed by atoms with Gasteiger partial charge in [-0.05, 0) is 32.1 Å². The van der Waals surface area contributed by atoms with E-state index in [4.69, 9.17) is 4.74 Å². The Kier molecular flexibility index (Phi) is 4.05. The van der Waals surface area contributed by atoms with Crippen molar-refractivity contribution in [3.8, 4) is 0 Å². The molecular weight excluding hydrogens is 218 g/mol. The summed E-state index contributed by atoms with van der Waals surface area (Å²) in [5.74, 6) is 0.125. The zero-order chi connectivity index (χ0) is 12.3. The van der Waals surface area contributed by atoms with Crippen molar-refractivity contribution < 1.29 is 14.6 Å². The third-order valence-corrected chi connectivity index (χ3v) is 4.17. The highest BCUT2D eigenvalue weighted by Gasteiger charge is 2.49. The molecule has 0 aromatic heterocycles. The molecule has 2 saturated carbocycles. The highest BCUT2D eigenvalue weighted by Crippen LogP contribution is 2.49. The van der Waals surface area contributed by atoms with Gasteiger partial charge < -0.3 is 15.2 Å². The van der Waals surface area contributed by atoms with Crippen LogP contribution in [0.2, 0.25) is 0 Å². The Morgan fingerprint density at radius 2 is 2.12 bits per heavy atom. The fraction of sp³-hybridized carbons (Fsp3) is 0.923. The van der Waals surface area contributed by atoms with E-state index in [1.807, 2.05) is 0 Å². The first-order valence-corrected chi connectivity index (χ1v) is 6.66. The van der Waals surface area contributed by atoms with Crippen molar-refractivity contribution in [3.05, 3.63) is 0 Å². The summed E-state index contributed by atoms with van der Waals surface area (Å²) in [6, 6.07) is -0.0312. The molecule has 0 aromatic carbocycles. The first kappa shape index (κ1) is 12.8. The van der Waals surface area contributed by atoms with E-state index in [1.54, 1.807) is 7.11 Å². The van der Waals surface area contributed by atoms with Gasteiger partial charge in [-0.2, -0.15) is 0 Å². The number of carbonyl (C=O) groups is 1. The number of hydrogen-bond acceptors (Lipinski definition) is 3. The monoisotopic (exact) mass is 241 g/mol. The maximum absolute atomic E-state index is 12.2. The van der Waals surface area contributed by atoms with Crippen LogP contribution in [0.3, 0.4) is 0 Å². The molecular formula is C13H23NO3. The van der Waals surface area contributed by atoms with E-state index in [0.29, 0.717) is 6.61 Å². The number of carbonyl (C=O) groups excluding carboxylic acids is 1. The number of hydrogen-bond donors (Lipinski definition) is 2. The summed E-state index contributed by atoms with van der Waals surface area (Å²) in [6.07, 6.45) is 6.28. The minimum atomic E-state index is -0.356. The average Bonchev–Trinajstić information content (AvgIpc) is 3.11. The van der Waals surface area contributed by atoms with E-state index in [0.717, 1.165) is 44.9 Å². The van der Waals surface area contributed by atoms with Crippen molar-refractivity contribution in [2.45, 2.75) is 57.1 Å². The lowest BCUT2D eigenvalue weighted by Crippen LogP contribution is -2.47. The van der Waals surface area contributed by atoms with Gasteiger partial charge in [0, 0.05) is 13.7 Å². The molecule has 0 radical (unpaired) electrons. The number of rotatable bonds is 5. The smallest absolute Gasteiger partial charge is 0.226 e. The summed E-state index contributed by atoms with van der Waals surface area (Å²) in [4.78, 5) is 12.2. The fourth-order valence-corrected chi connectivity index (χ4v) is 2.64. The number of methoxy groups -OCH3 is 1. The molecule has 2 N–H and O–H groups in total. The second-order valence-corrected chi connectivity index (χ2v) is 5.45. The molecule has 0 heterocycles. The Hall–Kier alpha value is -0.610. The predicted octanol–water partition coefficient (Wildman–Crippen LogP) is 1.22. The van der Waals surface area contributed by atoms with E-state index in [1.165, 1.54) is 0 Å². The summed E-state index contributed by atoms with van der Waals surface area (Å²) < 4.78 is 5.05. The van der Waals surface area contributed by atoms with Crippen LogP contribution in [0.1, 0.15) is 44.9 Å². The van der Waals surface area contributed by atoms with Gasteiger partial charge in [0.15, 0.2) is 0 Å². The van der Waals surface area contributed by atoms with E-state index >= 15 is 0 Å². The second kappa shape index (κ2) is 5.36. The summed E-state index contributed by atoms with van der Waals surface area (Å²) >= 11 is 0. The van der Waals surface area contributed by atoms with Gasteiger partial charge in [0.25, 0.3) is 0 Å². The van der Waals surface area contributed by atoms with Crippen LogP contribution in [0.4, 0.5) is 0 Å². The highest BCUT2D eigenvalue weighted by atomic mass is 16.5. The molecule has 2 aliphatic rings. The van der Waals surface area contributed by atoms with Crippen molar-refractivity contribution in [1.82, 2.24) is 5.32 Å². The topological polar surface area (TPSA) is 58.6 Å². The molecule has 0 aromatic rings. The lowest BCUT2D eigenvalue weighted by Gasteiger charge is -2.30. The van der Waals surface area contributed by atoms with Gasteiger partial charge in [0.05, 0.1) is 17.6 Å². The molecule has 2 fully saturated rings. The van der Waals surface area contributed by atoms with Gasteiger partial charge in [-0.15, -0.1) is 0 Å². The normalized spacial score (nSPS) is 30.9. The van der Waals surface area contributed by atoms with E-state index in [9.17, 15) is 9.90 Å². The largest absolute Gasteiger partial charge is 0.391 e. The molecule has 17 heavy (non-hydrogen) atoms. The number of amides is 1. The molecule has 0 aliphatic heterocycles. The van der Waals surface area contributed by atoms with Gasteiger partial charge in [-0.3, -0.25) is 4.79 Å². The summed E-state index contributed by atoms with van der Waals surface area (Å²) in [5, 5.41) is 12.9. The second-order valence-electron chi connectivity index (χ2n) is 5.45. The van der Waals surface area contributed by atoms with E-state index < -0.39 is 0 Å². The van der Waals surface area contributed by atoms with Crippen LogP contribution >= 0.6 is 0 Å². The molecule has 0 saturated heterocycles. The molecule has 0 bridgehead atoms. The Bertz CT molecular complexity index is 276. The van der Waals surface area contributed by atoms with E-state index in [-0.39, 0.29) is 23.5 Å². The minimum absolute atomic E-state index is 0.0312. The number of nitrogens with one attached hydrogen (secondary N) is 1. The van der Waals surface area contributed by atoms with Gasteiger partial charge >= 0.3 is 0 Å². The summed E-state index contributed by atoms with van der Waals surface area (Å²) in [6.45, 7) is 0.640. The zero-order valence-corrected chi connectivity index (χ0v) is 10.6. The van der Waals surface area contributed by atoms with Crippen molar-refractivity contribution >= 4 is 5.91 Å². The molecule has 1 amide bonds. The van der Waals surface area contributed by atoms with Crippen LogP contribution in [0, 0.1) is 5.41 Å². The van der Waals surface area contributed by atoms with Gasteiger partial charge in [-0.1, -0.05) is 12.8 Å². The molecule has 0 unspecified atom stereocenters. The van der Waals surface area contributed by atoms with Crippen LogP contribution in [0.15, 0.2) is 0 Å². The molecule has 2 aliphatic carbocycles. The summed E-state index contributed by atoms with van der Waals surface area (Å²) in [7, 11) is 1.67. The van der Waals surface area contributed by atoms with Crippen molar-refractivity contribution in [2.75, 3.05) is 13.7 Å². The minimum Gasteiger partial charge on any atom is -0.391 e. The Morgan fingerprint density at radius 3 is 2.71 bits per heavy atom.